The third-order valence-corrected chi connectivity index (χ3v) is 11.9. The largest absolute Gasteiger partial charge is 0.182 e. The maximum atomic E-state index is 3.75. The molecule has 0 unspecified atom stereocenters. The van der Waals surface area contributed by atoms with E-state index in [9.17, 15) is 0 Å². The summed E-state index contributed by atoms with van der Waals surface area (Å²) >= 11 is 7.49. The Kier molecular flexibility index (Phi) is 3.29. The Labute approximate surface area is 176 Å². The molecule has 2 aliphatic heterocycles. The highest BCUT2D eigenvalue weighted by molar-refractivity contribution is 9.10. The van der Waals surface area contributed by atoms with E-state index in [0.717, 1.165) is 8.95 Å². The number of benzene rings is 4. The fourth-order valence-corrected chi connectivity index (χ4v) is 11.9. The van der Waals surface area contributed by atoms with Crippen LogP contribution in [0.2, 0.25) is 0 Å². The van der Waals surface area contributed by atoms with Crippen LogP contribution in [-0.4, -0.2) is 8.07 Å². The number of hydrogen-bond donors (Lipinski definition) is 0. The fraction of sp³-hybridized carbons (Fsp3) is 0. The third-order valence-electron chi connectivity index (χ3n) is 6.01. The van der Waals surface area contributed by atoms with E-state index in [1.807, 2.05) is 0 Å². The van der Waals surface area contributed by atoms with E-state index in [-0.39, 0.29) is 0 Å². The van der Waals surface area contributed by atoms with Gasteiger partial charge in [0.1, 0.15) is 0 Å². The standard InChI is InChI=1S/C24H14Br2Si/c25-15-9-11-19-17-5-1-3-7-21(17)27(23(19)13-15)22-8-4-2-6-18(22)20-12-10-16(26)14-24(20)27/h1-14H. The second kappa shape index (κ2) is 5.54. The summed E-state index contributed by atoms with van der Waals surface area (Å²) in [6, 6.07) is 31.7. The van der Waals surface area contributed by atoms with Gasteiger partial charge in [-0.15, -0.1) is 0 Å². The Balaban J connectivity index is 1.88. The lowest BCUT2D eigenvalue weighted by Gasteiger charge is -2.27. The third kappa shape index (κ3) is 1.92. The highest BCUT2D eigenvalue weighted by atomic mass is 79.9. The van der Waals surface area contributed by atoms with Crippen LogP contribution in [0.15, 0.2) is 93.9 Å². The van der Waals surface area contributed by atoms with Gasteiger partial charge in [0.25, 0.3) is 0 Å². The molecule has 0 bridgehead atoms. The van der Waals surface area contributed by atoms with Crippen LogP contribution < -0.4 is 20.7 Å². The van der Waals surface area contributed by atoms with Crippen molar-refractivity contribution in [1.29, 1.82) is 0 Å². The van der Waals surface area contributed by atoms with Crippen LogP contribution in [-0.2, 0) is 0 Å². The lowest BCUT2D eigenvalue weighted by Crippen LogP contribution is -2.70. The van der Waals surface area contributed by atoms with Gasteiger partial charge in [-0.05, 0) is 67.3 Å². The van der Waals surface area contributed by atoms with E-state index in [1.54, 1.807) is 0 Å². The Hall–Kier alpha value is -1.94. The van der Waals surface area contributed by atoms with Crippen molar-refractivity contribution in [3.8, 4) is 22.3 Å². The van der Waals surface area contributed by atoms with Gasteiger partial charge in [0, 0.05) is 8.95 Å². The van der Waals surface area contributed by atoms with Gasteiger partial charge in [-0.2, -0.15) is 0 Å². The summed E-state index contributed by atoms with van der Waals surface area (Å²) in [5, 5.41) is 6.04. The molecule has 1 spiro atoms. The lowest BCUT2D eigenvalue weighted by atomic mass is 10.1. The number of halogens is 2. The molecule has 3 heteroatoms. The van der Waals surface area contributed by atoms with E-state index in [1.165, 1.54) is 43.0 Å². The average molecular weight is 490 g/mol. The molecule has 27 heavy (non-hydrogen) atoms. The summed E-state index contributed by atoms with van der Waals surface area (Å²) in [5.41, 5.74) is 5.58. The molecular weight excluding hydrogens is 476 g/mol. The fourth-order valence-electron chi connectivity index (χ4n) is 5.08. The molecule has 0 aromatic heterocycles. The van der Waals surface area contributed by atoms with Crippen molar-refractivity contribution in [3.63, 3.8) is 0 Å². The summed E-state index contributed by atoms with van der Waals surface area (Å²) in [6.07, 6.45) is 0. The van der Waals surface area contributed by atoms with Gasteiger partial charge in [-0.25, -0.2) is 0 Å². The van der Waals surface area contributed by atoms with Crippen molar-refractivity contribution >= 4 is 60.7 Å². The highest BCUT2D eigenvalue weighted by Gasteiger charge is 2.53. The first kappa shape index (κ1) is 16.1. The lowest BCUT2D eigenvalue weighted by molar-refractivity contribution is 1.67. The number of rotatable bonds is 0. The summed E-state index contributed by atoms with van der Waals surface area (Å²) < 4.78 is 2.31. The maximum absolute atomic E-state index is 3.75. The quantitative estimate of drug-likeness (QED) is 0.274. The molecule has 2 heterocycles. The second-order valence-electron chi connectivity index (χ2n) is 7.22. The molecule has 6 rings (SSSR count). The van der Waals surface area contributed by atoms with Crippen LogP contribution in [0.4, 0.5) is 0 Å². The molecule has 0 saturated heterocycles. The minimum Gasteiger partial charge on any atom is -0.0623 e. The highest BCUT2D eigenvalue weighted by Crippen LogP contribution is 2.37. The SMILES string of the molecule is Brc1ccc2c(c1)[Si]1(c3ccccc3-2)c2ccccc2-c2ccc(Br)cc21. The van der Waals surface area contributed by atoms with Crippen molar-refractivity contribution in [3.05, 3.63) is 93.9 Å². The monoisotopic (exact) mass is 488 g/mol. The van der Waals surface area contributed by atoms with E-state index < -0.39 is 8.07 Å². The summed E-state index contributed by atoms with van der Waals surface area (Å²) in [5.74, 6) is 0. The van der Waals surface area contributed by atoms with Crippen LogP contribution in [0.1, 0.15) is 0 Å². The second-order valence-corrected chi connectivity index (χ2v) is 12.7. The molecule has 2 aliphatic rings. The number of hydrogen-bond acceptors (Lipinski definition) is 0. The molecule has 4 aromatic rings. The zero-order chi connectivity index (χ0) is 18.2. The average Bonchev–Trinajstić information content (AvgIpc) is 3.14. The van der Waals surface area contributed by atoms with E-state index in [4.69, 9.17) is 0 Å². The minimum absolute atomic E-state index is 1.15. The molecule has 128 valence electrons. The van der Waals surface area contributed by atoms with Gasteiger partial charge in [-0.1, -0.05) is 92.5 Å². The van der Waals surface area contributed by atoms with Crippen LogP contribution in [0.5, 0.6) is 0 Å². The van der Waals surface area contributed by atoms with Gasteiger partial charge in [0.15, 0.2) is 8.07 Å². The summed E-state index contributed by atoms with van der Waals surface area (Å²) in [6.45, 7) is 0. The van der Waals surface area contributed by atoms with Crippen molar-refractivity contribution in [2.24, 2.45) is 0 Å². The van der Waals surface area contributed by atoms with E-state index in [0.29, 0.717) is 0 Å². The first-order valence-electron chi connectivity index (χ1n) is 9.01. The molecule has 0 atom stereocenters. The van der Waals surface area contributed by atoms with Crippen molar-refractivity contribution < 1.29 is 0 Å². The molecule has 0 saturated carbocycles. The van der Waals surface area contributed by atoms with Gasteiger partial charge in [-0.3, -0.25) is 0 Å². The van der Waals surface area contributed by atoms with Gasteiger partial charge < -0.3 is 0 Å². The Morgan fingerprint density at radius 1 is 0.444 bits per heavy atom. The van der Waals surface area contributed by atoms with Gasteiger partial charge in [0.05, 0.1) is 0 Å². The zero-order valence-electron chi connectivity index (χ0n) is 14.3. The topological polar surface area (TPSA) is 0 Å². The van der Waals surface area contributed by atoms with Gasteiger partial charge in [0.2, 0.25) is 0 Å². The molecule has 0 N–H and O–H groups in total. The van der Waals surface area contributed by atoms with Crippen LogP contribution in [0, 0.1) is 0 Å². The molecule has 4 aromatic carbocycles. The Bertz CT molecular complexity index is 1160. The zero-order valence-corrected chi connectivity index (χ0v) is 18.5. The van der Waals surface area contributed by atoms with Crippen molar-refractivity contribution in [2.75, 3.05) is 0 Å². The van der Waals surface area contributed by atoms with E-state index in [2.05, 4.69) is 117 Å². The Morgan fingerprint density at radius 2 is 0.852 bits per heavy atom. The minimum atomic E-state index is -2.27. The van der Waals surface area contributed by atoms with Crippen LogP contribution >= 0.6 is 31.9 Å². The van der Waals surface area contributed by atoms with Gasteiger partial charge >= 0.3 is 0 Å². The molecule has 0 fully saturated rings. The molecule has 0 aliphatic carbocycles. The Morgan fingerprint density at radius 3 is 1.33 bits per heavy atom. The van der Waals surface area contributed by atoms with Crippen molar-refractivity contribution in [1.82, 2.24) is 0 Å². The first-order valence-corrected chi connectivity index (χ1v) is 12.6. The normalized spacial score (nSPS) is 14.6. The van der Waals surface area contributed by atoms with E-state index >= 15 is 0 Å². The molecule has 0 nitrogen and oxygen atoms in total. The molecule has 0 amide bonds. The first-order chi connectivity index (χ1) is 13.2. The molecule has 0 radical (unpaired) electrons. The maximum Gasteiger partial charge on any atom is 0.182 e. The predicted octanol–water partition coefficient (Wildman–Crippen LogP) is 4.55. The summed E-state index contributed by atoms with van der Waals surface area (Å²) in [7, 11) is -2.27. The van der Waals surface area contributed by atoms with Crippen LogP contribution in [0.25, 0.3) is 22.3 Å². The van der Waals surface area contributed by atoms with Crippen LogP contribution in [0.3, 0.4) is 0 Å². The number of fused-ring (bicyclic) bond motifs is 10. The molecular formula is C24H14Br2Si. The summed E-state index contributed by atoms with van der Waals surface area (Å²) in [4.78, 5) is 0. The smallest absolute Gasteiger partial charge is 0.0623 e. The predicted molar refractivity (Wildman–Crippen MR) is 123 cm³/mol. The van der Waals surface area contributed by atoms with Crippen molar-refractivity contribution in [2.45, 2.75) is 0 Å².